The van der Waals surface area contributed by atoms with Crippen LogP contribution in [0.15, 0.2) is 24.5 Å². The standard InChI is InChI=1S/C16H19N3O/c1-10-11(2)15(20)6-5-13(10)14-9-17-16-12(3)18(4)7-8-19(14)16/h5-9,12,20H,1-4H3. The number of hydrogen-bond acceptors (Lipinski definition) is 3. The summed E-state index contributed by atoms with van der Waals surface area (Å²) in [5.41, 5.74) is 4.19. The number of fused-ring (bicyclic) bond motifs is 1. The Morgan fingerprint density at radius 3 is 2.65 bits per heavy atom. The van der Waals surface area contributed by atoms with Crippen LogP contribution in [0, 0.1) is 13.8 Å². The van der Waals surface area contributed by atoms with Gasteiger partial charge in [-0.2, -0.15) is 0 Å². The molecule has 4 heteroatoms. The Bertz CT molecular complexity index is 700. The summed E-state index contributed by atoms with van der Waals surface area (Å²) in [6.07, 6.45) is 6.01. The van der Waals surface area contributed by atoms with Gasteiger partial charge in [0.1, 0.15) is 11.6 Å². The van der Waals surface area contributed by atoms with Gasteiger partial charge in [-0.05, 0) is 44.0 Å². The quantitative estimate of drug-likeness (QED) is 0.863. The highest BCUT2D eigenvalue weighted by Crippen LogP contribution is 2.34. The lowest BCUT2D eigenvalue weighted by molar-refractivity contribution is 0.336. The molecule has 0 saturated carbocycles. The first-order chi connectivity index (χ1) is 9.50. The molecule has 2 heterocycles. The van der Waals surface area contributed by atoms with E-state index in [2.05, 4.69) is 34.6 Å². The van der Waals surface area contributed by atoms with Crippen molar-refractivity contribution in [1.82, 2.24) is 14.5 Å². The second kappa shape index (κ2) is 4.40. The maximum Gasteiger partial charge on any atom is 0.135 e. The van der Waals surface area contributed by atoms with Gasteiger partial charge >= 0.3 is 0 Å². The van der Waals surface area contributed by atoms with Crippen molar-refractivity contribution in [2.45, 2.75) is 26.8 Å². The predicted octanol–water partition coefficient (Wildman–Crippen LogP) is 3.31. The molecular formula is C16H19N3O. The molecular weight excluding hydrogens is 250 g/mol. The van der Waals surface area contributed by atoms with Crippen molar-refractivity contribution < 1.29 is 5.11 Å². The second-order valence-electron chi connectivity index (χ2n) is 5.39. The Morgan fingerprint density at radius 2 is 1.90 bits per heavy atom. The van der Waals surface area contributed by atoms with Crippen molar-refractivity contribution in [3.8, 4) is 17.0 Å². The average Bonchev–Trinajstić information content (AvgIpc) is 2.85. The molecule has 0 spiro atoms. The van der Waals surface area contributed by atoms with Crippen molar-refractivity contribution in [2.75, 3.05) is 7.05 Å². The minimum Gasteiger partial charge on any atom is -0.508 e. The second-order valence-corrected chi connectivity index (χ2v) is 5.39. The van der Waals surface area contributed by atoms with Crippen LogP contribution in [0.2, 0.25) is 0 Å². The summed E-state index contributed by atoms with van der Waals surface area (Å²) in [4.78, 5) is 6.71. The number of aromatic hydroxyl groups is 1. The van der Waals surface area contributed by atoms with E-state index in [1.165, 1.54) is 0 Å². The largest absolute Gasteiger partial charge is 0.508 e. The highest BCUT2D eigenvalue weighted by atomic mass is 16.3. The molecule has 1 atom stereocenters. The van der Waals surface area contributed by atoms with Crippen LogP contribution in [-0.4, -0.2) is 26.6 Å². The van der Waals surface area contributed by atoms with E-state index < -0.39 is 0 Å². The van der Waals surface area contributed by atoms with Gasteiger partial charge < -0.3 is 10.0 Å². The van der Waals surface area contributed by atoms with Gasteiger partial charge in [0.2, 0.25) is 0 Å². The summed E-state index contributed by atoms with van der Waals surface area (Å²) in [5.74, 6) is 1.38. The van der Waals surface area contributed by atoms with Crippen molar-refractivity contribution in [2.24, 2.45) is 0 Å². The first-order valence-corrected chi connectivity index (χ1v) is 6.77. The molecule has 0 radical (unpaired) electrons. The Morgan fingerprint density at radius 1 is 1.15 bits per heavy atom. The zero-order chi connectivity index (χ0) is 14.4. The first-order valence-electron chi connectivity index (χ1n) is 6.77. The normalized spacial score (nSPS) is 17.4. The number of phenolic OH excluding ortho intramolecular Hbond substituents is 1. The molecule has 0 saturated heterocycles. The van der Waals surface area contributed by atoms with Gasteiger partial charge in [0.15, 0.2) is 0 Å². The van der Waals surface area contributed by atoms with Crippen LogP contribution in [-0.2, 0) is 0 Å². The summed E-state index contributed by atoms with van der Waals surface area (Å²) in [7, 11) is 2.05. The van der Waals surface area contributed by atoms with Crippen molar-refractivity contribution >= 4 is 6.20 Å². The molecule has 0 amide bonds. The van der Waals surface area contributed by atoms with Crippen LogP contribution in [0.1, 0.15) is 29.9 Å². The van der Waals surface area contributed by atoms with Gasteiger partial charge in [-0.1, -0.05) is 0 Å². The Balaban J connectivity index is 2.18. The van der Waals surface area contributed by atoms with Crippen molar-refractivity contribution in [3.63, 3.8) is 0 Å². The molecule has 1 aromatic carbocycles. The first kappa shape index (κ1) is 12.8. The molecule has 20 heavy (non-hydrogen) atoms. The maximum atomic E-state index is 9.79. The van der Waals surface area contributed by atoms with Gasteiger partial charge in [0.25, 0.3) is 0 Å². The van der Waals surface area contributed by atoms with E-state index in [1.807, 2.05) is 32.3 Å². The van der Waals surface area contributed by atoms with E-state index in [0.29, 0.717) is 5.75 Å². The van der Waals surface area contributed by atoms with E-state index in [0.717, 1.165) is 28.2 Å². The van der Waals surface area contributed by atoms with Gasteiger partial charge in [0.05, 0.1) is 17.9 Å². The molecule has 3 rings (SSSR count). The van der Waals surface area contributed by atoms with Crippen molar-refractivity contribution in [3.05, 3.63) is 41.5 Å². The molecule has 0 fully saturated rings. The predicted molar refractivity (Wildman–Crippen MR) is 80.3 cm³/mol. The lowest BCUT2D eigenvalue weighted by Gasteiger charge is -2.27. The fourth-order valence-corrected chi connectivity index (χ4v) is 2.61. The molecule has 1 unspecified atom stereocenters. The number of rotatable bonds is 1. The van der Waals surface area contributed by atoms with Crippen LogP contribution in [0.4, 0.5) is 0 Å². The SMILES string of the molecule is Cc1c(O)ccc(-c2cnc3n2C=CN(C)C3C)c1C. The number of phenols is 1. The zero-order valence-electron chi connectivity index (χ0n) is 12.3. The molecule has 4 nitrogen and oxygen atoms in total. The van der Waals surface area contributed by atoms with Gasteiger partial charge in [-0.3, -0.25) is 4.57 Å². The topological polar surface area (TPSA) is 41.3 Å². The van der Waals surface area contributed by atoms with Crippen LogP contribution >= 0.6 is 0 Å². The molecule has 1 aliphatic rings. The van der Waals surface area contributed by atoms with Gasteiger partial charge in [0, 0.05) is 25.0 Å². The summed E-state index contributed by atoms with van der Waals surface area (Å²) in [6, 6.07) is 3.96. The summed E-state index contributed by atoms with van der Waals surface area (Å²) >= 11 is 0. The maximum absolute atomic E-state index is 9.79. The Labute approximate surface area is 119 Å². The van der Waals surface area contributed by atoms with Crippen LogP contribution < -0.4 is 0 Å². The number of nitrogens with zero attached hydrogens (tertiary/aromatic N) is 3. The van der Waals surface area contributed by atoms with Crippen LogP contribution in [0.25, 0.3) is 17.5 Å². The number of aromatic nitrogens is 2. The van der Waals surface area contributed by atoms with Gasteiger partial charge in [-0.15, -0.1) is 0 Å². The molecule has 2 aromatic rings. The lowest BCUT2D eigenvalue weighted by atomic mass is 10.0. The van der Waals surface area contributed by atoms with E-state index in [4.69, 9.17) is 0 Å². The molecule has 0 bridgehead atoms. The molecule has 1 aliphatic heterocycles. The van der Waals surface area contributed by atoms with Crippen LogP contribution in [0.3, 0.4) is 0 Å². The zero-order valence-corrected chi connectivity index (χ0v) is 12.3. The number of imidazole rings is 1. The average molecular weight is 269 g/mol. The van der Waals surface area contributed by atoms with E-state index >= 15 is 0 Å². The minimum absolute atomic E-state index is 0.257. The number of benzene rings is 1. The van der Waals surface area contributed by atoms with Crippen molar-refractivity contribution in [1.29, 1.82) is 0 Å². The van der Waals surface area contributed by atoms with E-state index in [-0.39, 0.29) is 6.04 Å². The molecule has 104 valence electrons. The highest BCUT2D eigenvalue weighted by Gasteiger charge is 2.22. The third kappa shape index (κ3) is 1.72. The Hall–Kier alpha value is -2.23. The third-order valence-electron chi connectivity index (χ3n) is 4.30. The molecule has 0 aliphatic carbocycles. The summed E-state index contributed by atoms with van der Waals surface area (Å²) in [6.45, 7) is 6.11. The van der Waals surface area contributed by atoms with E-state index in [9.17, 15) is 5.11 Å². The lowest BCUT2D eigenvalue weighted by Crippen LogP contribution is -2.23. The third-order valence-corrected chi connectivity index (χ3v) is 4.30. The highest BCUT2D eigenvalue weighted by molar-refractivity contribution is 5.69. The Kier molecular flexibility index (Phi) is 2.82. The summed E-state index contributed by atoms with van der Waals surface area (Å²) in [5, 5.41) is 9.79. The van der Waals surface area contributed by atoms with Gasteiger partial charge in [-0.25, -0.2) is 4.98 Å². The number of hydrogen-bond donors (Lipinski definition) is 1. The fraction of sp³-hybridized carbons (Fsp3) is 0.312. The molecule has 1 N–H and O–H groups in total. The summed E-state index contributed by atoms with van der Waals surface area (Å²) < 4.78 is 2.13. The minimum atomic E-state index is 0.257. The molecule has 1 aromatic heterocycles. The monoisotopic (exact) mass is 269 g/mol. The van der Waals surface area contributed by atoms with E-state index in [1.54, 1.807) is 6.07 Å². The fourth-order valence-electron chi connectivity index (χ4n) is 2.61. The van der Waals surface area contributed by atoms with Crippen LogP contribution in [0.5, 0.6) is 5.75 Å². The smallest absolute Gasteiger partial charge is 0.135 e.